The average molecular weight is 301 g/mol. The Morgan fingerprint density at radius 3 is 2.71 bits per heavy atom. The van der Waals surface area contributed by atoms with Gasteiger partial charge in [0.25, 0.3) is 0 Å². The van der Waals surface area contributed by atoms with Crippen LogP contribution in [0.15, 0.2) is 16.9 Å². The van der Waals surface area contributed by atoms with Crippen molar-refractivity contribution in [3.63, 3.8) is 0 Å². The van der Waals surface area contributed by atoms with Gasteiger partial charge >= 0.3 is 6.09 Å². The number of ether oxygens (including phenoxy) is 1. The SMILES string of the molecule is CC(C)(C)OC(=O)Nc1cnc(Br)cc1C=O. The number of amides is 1. The molecule has 1 aromatic rings. The van der Waals surface area contributed by atoms with Crippen molar-refractivity contribution in [2.75, 3.05) is 5.32 Å². The molecule has 1 aromatic heterocycles. The second-order valence-corrected chi connectivity index (χ2v) is 5.15. The Hall–Kier alpha value is -1.43. The van der Waals surface area contributed by atoms with Crippen LogP contribution in [0.25, 0.3) is 0 Å². The molecule has 0 aliphatic carbocycles. The Bertz CT molecular complexity index is 441. The van der Waals surface area contributed by atoms with Crippen molar-refractivity contribution in [1.82, 2.24) is 4.98 Å². The largest absolute Gasteiger partial charge is 0.444 e. The van der Waals surface area contributed by atoms with Crippen molar-refractivity contribution in [3.05, 3.63) is 22.4 Å². The van der Waals surface area contributed by atoms with E-state index in [2.05, 4.69) is 26.2 Å². The van der Waals surface area contributed by atoms with Crippen LogP contribution in [0.5, 0.6) is 0 Å². The minimum absolute atomic E-state index is 0.317. The lowest BCUT2D eigenvalue weighted by molar-refractivity contribution is 0.0636. The van der Waals surface area contributed by atoms with Gasteiger partial charge in [-0.3, -0.25) is 10.1 Å². The third kappa shape index (κ3) is 4.52. The predicted octanol–water partition coefficient (Wildman–Crippen LogP) is 3.00. The van der Waals surface area contributed by atoms with Gasteiger partial charge in [0.15, 0.2) is 6.29 Å². The fraction of sp³-hybridized carbons (Fsp3) is 0.364. The zero-order chi connectivity index (χ0) is 13.1. The Labute approximate surface area is 108 Å². The van der Waals surface area contributed by atoms with Crippen molar-refractivity contribution in [2.45, 2.75) is 26.4 Å². The fourth-order valence-corrected chi connectivity index (χ4v) is 1.41. The highest BCUT2D eigenvalue weighted by molar-refractivity contribution is 9.10. The summed E-state index contributed by atoms with van der Waals surface area (Å²) >= 11 is 3.14. The molecule has 0 radical (unpaired) electrons. The quantitative estimate of drug-likeness (QED) is 0.673. The van der Waals surface area contributed by atoms with Gasteiger partial charge < -0.3 is 4.74 Å². The summed E-state index contributed by atoms with van der Waals surface area (Å²) in [5.74, 6) is 0. The number of rotatable bonds is 2. The van der Waals surface area contributed by atoms with Gasteiger partial charge in [0, 0.05) is 5.56 Å². The second kappa shape index (κ2) is 5.27. The first-order valence-corrected chi connectivity index (χ1v) is 5.72. The molecule has 0 aliphatic rings. The number of aldehydes is 1. The van der Waals surface area contributed by atoms with Gasteiger partial charge in [-0.2, -0.15) is 0 Å². The van der Waals surface area contributed by atoms with Crippen LogP contribution in [0, 0.1) is 0 Å². The number of hydrogen-bond donors (Lipinski definition) is 1. The number of nitrogens with zero attached hydrogens (tertiary/aromatic N) is 1. The Morgan fingerprint density at radius 1 is 1.53 bits per heavy atom. The van der Waals surface area contributed by atoms with Gasteiger partial charge in [-0.1, -0.05) is 0 Å². The van der Waals surface area contributed by atoms with E-state index in [1.54, 1.807) is 20.8 Å². The summed E-state index contributed by atoms with van der Waals surface area (Å²) in [5.41, 5.74) is 0.0592. The molecule has 0 bridgehead atoms. The van der Waals surface area contributed by atoms with Crippen LogP contribution in [0.4, 0.5) is 10.5 Å². The summed E-state index contributed by atoms with van der Waals surface area (Å²) in [5, 5.41) is 2.47. The number of anilines is 1. The van der Waals surface area contributed by atoms with Gasteiger partial charge in [-0.05, 0) is 42.8 Å². The van der Waals surface area contributed by atoms with Crippen molar-refractivity contribution in [1.29, 1.82) is 0 Å². The summed E-state index contributed by atoms with van der Waals surface area (Å²) in [6.45, 7) is 5.27. The molecule has 0 aromatic carbocycles. The molecule has 0 saturated carbocycles. The monoisotopic (exact) mass is 300 g/mol. The molecule has 6 heteroatoms. The fourth-order valence-electron chi connectivity index (χ4n) is 1.06. The first-order chi connectivity index (χ1) is 7.81. The highest BCUT2D eigenvalue weighted by Crippen LogP contribution is 2.17. The number of carbonyl (C=O) groups excluding carboxylic acids is 2. The zero-order valence-corrected chi connectivity index (χ0v) is 11.4. The van der Waals surface area contributed by atoms with E-state index < -0.39 is 11.7 Å². The highest BCUT2D eigenvalue weighted by Gasteiger charge is 2.17. The molecule has 0 atom stereocenters. The molecule has 0 fully saturated rings. The van der Waals surface area contributed by atoms with E-state index in [-0.39, 0.29) is 0 Å². The number of halogens is 1. The molecule has 1 rings (SSSR count). The minimum Gasteiger partial charge on any atom is -0.444 e. The third-order valence-electron chi connectivity index (χ3n) is 1.67. The van der Waals surface area contributed by atoms with E-state index in [9.17, 15) is 9.59 Å². The lowest BCUT2D eigenvalue weighted by atomic mass is 10.2. The Balaban J connectivity index is 2.81. The maximum atomic E-state index is 11.5. The molecule has 0 spiro atoms. The van der Waals surface area contributed by atoms with Crippen LogP contribution in [0.3, 0.4) is 0 Å². The van der Waals surface area contributed by atoms with Crippen molar-refractivity contribution in [3.8, 4) is 0 Å². The van der Waals surface area contributed by atoms with Gasteiger partial charge in [-0.15, -0.1) is 0 Å². The number of aromatic nitrogens is 1. The smallest absolute Gasteiger partial charge is 0.412 e. The van der Waals surface area contributed by atoms with Crippen LogP contribution >= 0.6 is 15.9 Å². The topological polar surface area (TPSA) is 68.3 Å². The molecule has 0 unspecified atom stereocenters. The minimum atomic E-state index is -0.621. The predicted molar refractivity (Wildman–Crippen MR) is 67.2 cm³/mol. The molecule has 17 heavy (non-hydrogen) atoms. The number of hydrogen-bond acceptors (Lipinski definition) is 4. The van der Waals surface area contributed by atoms with Crippen LogP contribution < -0.4 is 5.32 Å². The van der Waals surface area contributed by atoms with E-state index in [4.69, 9.17) is 4.74 Å². The van der Waals surface area contributed by atoms with Crippen molar-refractivity contribution < 1.29 is 14.3 Å². The van der Waals surface area contributed by atoms with Gasteiger partial charge in [-0.25, -0.2) is 9.78 Å². The van der Waals surface area contributed by atoms with E-state index >= 15 is 0 Å². The van der Waals surface area contributed by atoms with Crippen LogP contribution in [-0.4, -0.2) is 23.0 Å². The molecule has 0 saturated heterocycles. The third-order valence-corrected chi connectivity index (χ3v) is 2.10. The molecular weight excluding hydrogens is 288 g/mol. The molecule has 1 heterocycles. The standard InChI is InChI=1S/C11H13BrN2O3/c1-11(2,3)17-10(16)14-8-5-13-9(12)4-7(8)6-15/h4-6H,1-3H3,(H,14,16). The summed E-state index contributed by atoms with van der Waals surface area (Å²) in [4.78, 5) is 26.2. The first-order valence-electron chi connectivity index (χ1n) is 4.92. The van der Waals surface area contributed by atoms with Crippen molar-refractivity contribution >= 4 is 34.0 Å². The number of nitrogens with one attached hydrogen (secondary N) is 1. The normalized spacial score (nSPS) is 10.8. The summed E-state index contributed by atoms with van der Waals surface area (Å²) in [6.07, 6.45) is 1.40. The molecule has 5 nitrogen and oxygen atoms in total. The van der Waals surface area contributed by atoms with Crippen molar-refractivity contribution in [2.24, 2.45) is 0 Å². The molecule has 92 valence electrons. The lowest BCUT2D eigenvalue weighted by Crippen LogP contribution is -2.27. The van der Waals surface area contributed by atoms with E-state index in [1.165, 1.54) is 12.3 Å². The molecule has 1 amide bonds. The summed E-state index contributed by atoms with van der Waals surface area (Å²) in [7, 11) is 0. The van der Waals surface area contributed by atoms with Crippen LogP contribution in [0.2, 0.25) is 0 Å². The molecule has 0 aliphatic heterocycles. The Morgan fingerprint density at radius 2 is 2.18 bits per heavy atom. The van der Waals surface area contributed by atoms with E-state index in [1.807, 2.05) is 0 Å². The second-order valence-electron chi connectivity index (χ2n) is 4.34. The number of carbonyl (C=O) groups is 2. The average Bonchev–Trinajstić information content (AvgIpc) is 2.17. The van der Waals surface area contributed by atoms with Gasteiger partial charge in [0.1, 0.15) is 10.2 Å². The molecule has 1 N–H and O–H groups in total. The van der Waals surface area contributed by atoms with Crippen LogP contribution in [0.1, 0.15) is 31.1 Å². The maximum Gasteiger partial charge on any atom is 0.412 e. The van der Waals surface area contributed by atoms with Gasteiger partial charge in [0.2, 0.25) is 0 Å². The van der Waals surface area contributed by atoms with Crippen LogP contribution in [-0.2, 0) is 4.74 Å². The first kappa shape index (κ1) is 13.6. The number of pyridine rings is 1. The lowest BCUT2D eigenvalue weighted by Gasteiger charge is -2.19. The van der Waals surface area contributed by atoms with E-state index in [0.29, 0.717) is 22.1 Å². The highest BCUT2D eigenvalue weighted by atomic mass is 79.9. The molecular formula is C11H13BrN2O3. The zero-order valence-electron chi connectivity index (χ0n) is 9.78. The van der Waals surface area contributed by atoms with E-state index in [0.717, 1.165) is 0 Å². The summed E-state index contributed by atoms with van der Waals surface area (Å²) in [6, 6.07) is 1.51. The van der Waals surface area contributed by atoms with Gasteiger partial charge in [0.05, 0.1) is 11.9 Å². The summed E-state index contributed by atoms with van der Waals surface area (Å²) < 4.78 is 5.59. The Kier molecular flexibility index (Phi) is 4.22. The maximum absolute atomic E-state index is 11.5.